The number of amides is 2. The van der Waals surface area contributed by atoms with Crippen LogP contribution in [0, 0.1) is 0 Å². The maximum atomic E-state index is 12.5. The monoisotopic (exact) mass is 532 g/mol. The Labute approximate surface area is 212 Å². The van der Waals surface area contributed by atoms with Crippen molar-refractivity contribution < 1.29 is 33.7 Å². The summed E-state index contributed by atoms with van der Waals surface area (Å²) in [6, 6.07) is 8.45. The molecule has 0 radical (unpaired) electrons. The first-order valence-corrected chi connectivity index (χ1v) is 13.8. The van der Waals surface area contributed by atoms with E-state index in [1.165, 1.54) is 17.2 Å². The molecule has 3 aromatic rings. The van der Waals surface area contributed by atoms with Gasteiger partial charge in [-0.2, -0.15) is 0 Å². The van der Waals surface area contributed by atoms with E-state index in [0.717, 1.165) is 25.7 Å². The summed E-state index contributed by atoms with van der Waals surface area (Å²) in [5, 5.41) is 26.8. The number of nitrogens with one attached hydrogen (secondary N) is 2. The minimum Gasteiger partial charge on any atom is -0.387 e. The number of ether oxygens (including phenoxy) is 1. The molecule has 5 atom stereocenters. The van der Waals surface area contributed by atoms with Gasteiger partial charge in [0.25, 0.3) is 0 Å². The molecular weight excluding hydrogens is 503 g/mol. The van der Waals surface area contributed by atoms with E-state index in [2.05, 4.69) is 25.6 Å². The molecule has 0 bridgehead atoms. The van der Waals surface area contributed by atoms with Gasteiger partial charge in [0.1, 0.15) is 24.6 Å². The number of anilines is 1. The van der Waals surface area contributed by atoms with E-state index >= 15 is 0 Å². The number of fused-ring (bicyclic) bond motifs is 1. The summed E-state index contributed by atoms with van der Waals surface area (Å²) in [4.78, 5) is 35.2. The fourth-order valence-corrected chi connectivity index (χ4v) is 5.82. The van der Waals surface area contributed by atoms with Gasteiger partial charge in [-0.25, -0.2) is 19.7 Å². The Kier molecular flexibility index (Phi) is 7.52. The minimum atomic E-state index is -4.02. The lowest BCUT2D eigenvalue weighted by Gasteiger charge is -2.18. The molecule has 2 fully saturated rings. The standard InChI is InChI=1S/C23H29N6O7P/c30-18-16(10-35-37(33,34)11-14-6-2-1-3-7-14)36-22(19(18)31)29-13-26-17-20(24-12-25-21(17)29)28-23(32)27-15-8-4-5-9-15/h1-3,6-7,12-13,15-16,18-19,22,30-31H,4-5,8-11H2,(H,33,34)(H2,24,25,27,28,32)/t16-,18?,19+,22-/m1/s1. The molecule has 14 heteroatoms. The molecule has 1 saturated carbocycles. The molecule has 1 saturated heterocycles. The smallest absolute Gasteiger partial charge is 0.332 e. The van der Waals surface area contributed by atoms with E-state index in [-0.39, 0.29) is 29.2 Å². The predicted molar refractivity (Wildman–Crippen MR) is 132 cm³/mol. The molecule has 3 heterocycles. The fraction of sp³-hybridized carbons (Fsp3) is 0.478. The van der Waals surface area contributed by atoms with Crippen LogP contribution in [-0.2, 0) is 20.0 Å². The second kappa shape index (κ2) is 10.8. The Bertz CT molecular complexity index is 1290. The highest BCUT2D eigenvalue weighted by Crippen LogP contribution is 2.46. The van der Waals surface area contributed by atoms with Crippen LogP contribution >= 0.6 is 7.60 Å². The second-order valence-corrected chi connectivity index (χ2v) is 11.1. The van der Waals surface area contributed by atoms with Gasteiger partial charge in [-0.05, 0) is 18.4 Å². The average molecular weight is 532 g/mol. The Morgan fingerprint density at radius 1 is 1.14 bits per heavy atom. The van der Waals surface area contributed by atoms with Gasteiger partial charge in [-0.3, -0.25) is 14.4 Å². The van der Waals surface area contributed by atoms with Gasteiger partial charge < -0.3 is 29.7 Å². The van der Waals surface area contributed by atoms with Crippen LogP contribution in [0.1, 0.15) is 37.5 Å². The van der Waals surface area contributed by atoms with E-state index < -0.39 is 44.8 Å². The topological polar surface area (TPSA) is 181 Å². The number of benzene rings is 1. The van der Waals surface area contributed by atoms with Crippen LogP contribution in [0.15, 0.2) is 43.0 Å². The van der Waals surface area contributed by atoms with Gasteiger partial charge in [0.2, 0.25) is 0 Å². The third kappa shape index (κ3) is 5.82. The van der Waals surface area contributed by atoms with Crippen LogP contribution in [0.4, 0.5) is 10.6 Å². The highest BCUT2D eigenvalue weighted by atomic mass is 31.2. The van der Waals surface area contributed by atoms with Gasteiger partial charge in [0, 0.05) is 6.04 Å². The molecule has 0 spiro atoms. The number of aromatic nitrogens is 4. The van der Waals surface area contributed by atoms with Crippen molar-refractivity contribution in [1.82, 2.24) is 24.8 Å². The second-order valence-electron chi connectivity index (χ2n) is 9.25. The van der Waals surface area contributed by atoms with Gasteiger partial charge in [0.15, 0.2) is 23.2 Å². The van der Waals surface area contributed by atoms with Crippen molar-refractivity contribution in [3.63, 3.8) is 0 Å². The summed E-state index contributed by atoms with van der Waals surface area (Å²) in [6.45, 7) is -0.412. The Balaban J connectivity index is 1.26. The summed E-state index contributed by atoms with van der Waals surface area (Å²) in [7, 11) is -4.02. The quantitative estimate of drug-likeness (QED) is 0.269. The van der Waals surface area contributed by atoms with Gasteiger partial charge in [-0.1, -0.05) is 43.2 Å². The molecule has 198 valence electrons. The molecule has 5 rings (SSSR count). The molecular formula is C23H29N6O7P. The predicted octanol–water partition coefficient (Wildman–Crippen LogP) is 1.91. The Morgan fingerprint density at radius 3 is 2.65 bits per heavy atom. The molecule has 2 unspecified atom stereocenters. The van der Waals surface area contributed by atoms with Crippen LogP contribution in [0.3, 0.4) is 0 Å². The number of rotatable bonds is 8. The lowest BCUT2D eigenvalue weighted by atomic mass is 10.1. The molecule has 13 nitrogen and oxygen atoms in total. The maximum absolute atomic E-state index is 12.5. The van der Waals surface area contributed by atoms with E-state index in [0.29, 0.717) is 5.56 Å². The zero-order valence-corrected chi connectivity index (χ0v) is 20.8. The first-order chi connectivity index (χ1) is 17.8. The Hall–Kier alpha value is -2.93. The average Bonchev–Trinajstić information content (AvgIpc) is 3.60. The van der Waals surface area contributed by atoms with Crippen molar-refractivity contribution in [2.45, 2.75) is 62.4 Å². The molecule has 2 aromatic heterocycles. The highest BCUT2D eigenvalue weighted by molar-refractivity contribution is 7.51. The van der Waals surface area contributed by atoms with E-state index in [1.807, 2.05) is 0 Å². The summed E-state index contributed by atoms with van der Waals surface area (Å²) >= 11 is 0. The van der Waals surface area contributed by atoms with Crippen LogP contribution in [0.2, 0.25) is 0 Å². The van der Waals surface area contributed by atoms with Crippen molar-refractivity contribution in [2.75, 3.05) is 11.9 Å². The van der Waals surface area contributed by atoms with E-state index in [4.69, 9.17) is 9.26 Å². The zero-order valence-electron chi connectivity index (χ0n) is 19.9. The molecule has 2 amide bonds. The molecule has 1 aromatic carbocycles. The van der Waals surface area contributed by atoms with Crippen LogP contribution in [0.5, 0.6) is 0 Å². The van der Waals surface area contributed by atoms with Crippen LogP contribution in [-0.4, -0.2) is 71.6 Å². The lowest BCUT2D eigenvalue weighted by Crippen LogP contribution is -2.36. The van der Waals surface area contributed by atoms with Crippen molar-refractivity contribution in [1.29, 1.82) is 0 Å². The molecule has 5 N–H and O–H groups in total. The molecule has 2 aliphatic rings. The fourth-order valence-electron chi connectivity index (χ4n) is 4.68. The third-order valence-corrected chi connectivity index (χ3v) is 7.88. The number of aliphatic hydroxyl groups is 2. The van der Waals surface area contributed by atoms with Crippen molar-refractivity contribution >= 4 is 30.6 Å². The minimum absolute atomic E-state index is 0.125. The van der Waals surface area contributed by atoms with E-state index in [9.17, 15) is 24.5 Å². The van der Waals surface area contributed by atoms with Crippen molar-refractivity contribution in [2.24, 2.45) is 0 Å². The van der Waals surface area contributed by atoms with Gasteiger partial charge in [-0.15, -0.1) is 0 Å². The largest absolute Gasteiger partial charge is 0.387 e. The third-order valence-electron chi connectivity index (χ3n) is 6.56. The van der Waals surface area contributed by atoms with Crippen LogP contribution in [0.25, 0.3) is 11.2 Å². The summed E-state index contributed by atoms with van der Waals surface area (Å²) in [5.74, 6) is 0.189. The lowest BCUT2D eigenvalue weighted by molar-refractivity contribution is -0.0485. The van der Waals surface area contributed by atoms with Crippen LogP contribution < -0.4 is 10.6 Å². The number of nitrogens with zero attached hydrogens (tertiary/aromatic N) is 4. The highest BCUT2D eigenvalue weighted by Gasteiger charge is 2.45. The van der Waals surface area contributed by atoms with Crippen molar-refractivity contribution in [3.05, 3.63) is 48.5 Å². The van der Waals surface area contributed by atoms with Crippen molar-refractivity contribution in [3.8, 4) is 0 Å². The Morgan fingerprint density at radius 2 is 1.89 bits per heavy atom. The number of urea groups is 1. The first kappa shape index (κ1) is 25.7. The number of hydrogen-bond donors (Lipinski definition) is 5. The number of carbonyl (C=O) groups is 1. The molecule has 1 aliphatic heterocycles. The number of aliphatic hydroxyl groups excluding tert-OH is 2. The maximum Gasteiger partial charge on any atom is 0.332 e. The number of imidazole rings is 1. The summed E-state index contributed by atoms with van der Waals surface area (Å²) in [5.41, 5.74) is 1.17. The molecule has 37 heavy (non-hydrogen) atoms. The van der Waals surface area contributed by atoms with Gasteiger partial charge in [0.05, 0.1) is 19.1 Å². The first-order valence-electron chi connectivity index (χ1n) is 12.1. The van der Waals surface area contributed by atoms with Gasteiger partial charge >= 0.3 is 13.6 Å². The normalized spacial score (nSPS) is 25.8. The SMILES string of the molecule is O=C(Nc1ncnc2c1ncn2[C@@H]1O[C@H](COP(=O)(O)Cc2ccccc2)C(O)[C@@H]1O)NC1CCCC1. The zero-order chi connectivity index (χ0) is 26.0. The molecule has 1 aliphatic carbocycles. The number of carbonyl (C=O) groups excluding carboxylic acids is 1. The summed E-state index contributed by atoms with van der Waals surface area (Å²) in [6.07, 6.45) is 1.47. The number of hydrogen-bond acceptors (Lipinski definition) is 9. The van der Waals surface area contributed by atoms with E-state index in [1.54, 1.807) is 30.3 Å². The summed E-state index contributed by atoms with van der Waals surface area (Å²) < 4.78 is 24.9.